The van der Waals surface area contributed by atoms with Crippen molar-refractivity contribution in [2.45, 2.75) is 6.61 Å². The molecule has 0 bridgehead atoms. The summed E-state index contributed by atoms with van der Waals surface area (Å²) in [4.78, 5) is 4.07. The number of nitrogens with zero attached hydrogens (tertiary/aromatic N) is 1. The number of aliphatic hydroxyl groups is 1. The summed E-state index contributed by atoms with van der Waals surface area (Å²) < 4.78 is 11.0. The molecule has 0 fully saturated rings. The number of rotatable bonds is 5. The van der Waals surface area contributed by atoms with Crippen LogP contribution < -0.4 is 14.8 Å². The average molecular weight is 260 g/mol. The number of nitrogens with one attached hydrogen (secondary N) is 1. The molecule has 0 amide bonds. The fourth-order valence-corrected chi connectivity index (χ4v) is 1.63. The van der Waals surface area contributed by atoms with Crippen molar-refractivity contribution in [3.05, 3.63) is 42.2 Å². The molecule has 5 heteroatoms. The van der Waals surface area contributed by atoms with Crippen molar-refractivity contribution in [3.8, 4) is 17.2 Å². The van der Waals surface area contributed by atoms with Gasteiger partial charge in [-0.2, -0.15) is 0 Å². The SMILES string of the molecule is CNc1cncc(Oc2ccc(CO)cc2OC)c1. The Labute approximate surface area is 111 Å². The highest BCUT2D eigenvalue weighted by molar-refractivity contribution is 5.48. The third-order valence-corrected chi connectivity index (χ3v) is 2.64. The van der Waals surface area contributed by atoms with E-state index >= 15 is 0 Å². The summed E-state index contributed by atoms with van der Waals surface area (Å²) in [5, 5.41) is 12.1. The third-order valence-electron chi connectivity index (χ3n) is 2.64. The second kappa shape index (κ2) is 6.06. The fraction of sp³-hybridized carbons (Fsp3) is 0.214. The van der Waals surface area contributed by atoms with E-state index in [0.29, 0.717) is 17.2 Å². The maximum atomic E-state index is 9.09. The summed E-state index contributed by atoms with van der Waals surface area (Å²) in [7, 11) is 3.38. The molecule has 100 valence electrons. The van der Waals surface area contributed by atoms with Crippen molar-refractivity contribution in [1.82, 2.24) is 4.98 Å². The first-order valence-corrected chi connectivity index (χ1v) is 5.85. The van der Waals surface area contributed by atoms with Crippen LogP contribution >= 0.6 is 0 Å². The van der Waals surface area contributed by atoms with Crippen molar-refractivity contribution in [1.29, 1.82) is 0 Å². The third kappa shape index (κ3) is 3.14. The van der Waals surface area contributed by atoms with Gasteiger partial charge < -0.3 is 19.9 Å². The Morgan fingerprint density at radius 1 is 1.21 bits per heavy atom. The van der Waals surface area contributed by atoms with E-state index in [9.17, 15) is 0 Å². The van der Waals surface area contributed by atoms with Gasteiger partial charge in [-0.25, -0.2) is 0 Å². The van der Waals surface area contributed by atoms with Crippen LogP contribution in [0.4, 0.5) is 5.69 Å². The highest BCUT2D eigenvalue weighted by Gasteiger charge is 2.07. The summed E-state index contributed by atoms with van der Waals surface area (Å²) in [5.41, 5.74) is 1.63. The molecule has 0 saturated heterocycles. The second-order valence-electron chi connectivity index (χ2n) is 3.90. The lowest BCUT2D eigenvalue weighted by Crippen LogP contribution is -1.94. The number of methoxy groups -OCH3 is 1. The van der Waals surface area contributed by atoms with Gasteiger partial charge in [-0.15, -0.1) is 0 Å². The molecule has 1 aromatic carbocycles. The van der Waals surface area contributed by atoms with Gasteiger partial charge in [0.25, 0.3) is 0 Å². The predicted octanol–water partition coefficient (Wildman–Crippen LogP) is 2.42. The Morgan fingerprint density at radius 2 is 2.05 bits per heavy atom. The van der Waals surface area contributed by atoms with Crippen LogP contribution in [0.15, 0.2) is 36.7 Å². The molecule has 0 aliphatic carbocycles. The van der Waals surface area contributed by atoms with E-state index in [-0.39, 0.29) is 6.61 Å². The van der Waals surface area contributed by atoms with Gasteiger partial charge in [0.15, 0.2) is 11.5 Å². The summed E-state index contributed by atoms with van der Waals surface area (Å²) in [6.07, 6.45) is 3.33. The Hall–Kier alpha value is -2.27. The minimum Gasteiger partial charge on any atom is -0.493 e. The normalized spacial score (nSPS) is 10.1. The van der Waals surface area contributed by atoms with Crippen LogP contribution in [0, 0.1) is 0 Å². The highest BCUT2D eigenvalue weighted by Crippen LogP contribution is 2.32. The number of ether oxygens (including phenoxy) is 2. The Kier molecular flexibility index (Phi) is 4.20. The van der Waals surface area contributed by atoms with Crippen molar-refractivity contribution in [2.75, 3.05) is 19.5 Å². The number of aromatic nitrogens is 1. The standard InChI is InChI=1S/C14H16N2O3/c1-15-11-6-12(8-16-7-11)19-13-4-3-10(9-17)5-14(13)18-2/h3-8,15,17H,9H2,1-2H3. The van der Waals surface area contributed by atoms with Crippen molar-refractivity contribution < 1.29 is 14.6 Å². The quantitative estimate of drug-likeness (QED) is 0.864. The van der Waals surface area contributed by atoms with Gasteiger partial charge in [0.1, 0.15) is 5.75 Å². The molecule has 19 heavy (non-hydrogen) atoms. The first kappa shape index (κ1) is 13.2. The molecule has 2 rings (SSSR count). The summed E-state index contributed by atoms with van der Waals surface area (Å²) in [6, 6.07) is 7.13. The molecule has 5 nitrogen and oxygen atoms in total. The van der Waals surface area contributed by atoms with Crippen LogP contribution in [0.5, 0.6) is 17.2 Å². The van der Waals surface area contributed by atoms with Crippen LogP contribution in [0.2, 0.25) is 0 Å². The number of aliphatic hydroxyl groups excluding tert-OH is 1. The maximum absolute atomic E-state index is 9.09. The lowest BCUT2D eigenvalue weighted by atomic mass is 10.2. The monoisotopic (exact) mass is 260 g/mol. The molecule has 0 atom stereocenters. The molecular weight excluding hydrogens is 244 g/mol. The average Bonchev–Trinajstić information content (AvgIpc) is 2.48. The van der Waals surface area contributed by atoms with Gasteiger partial charge in [-0.3, -0.25) is 4.98 Å². The topological polar surface area (TPSA) is 63.6 Å². The van der Waals surface area contributed by atoms with Gasteiger partial charge in [0, 0.05) is 13.1 Å². The summed E-state index contributed by atoms with van der Waals surface area (Å²) in [5.74, 6) is 1.76. The maximum Gasteiger partial charge on any atom is 0.169 e. The van der Waals surface area contributed by atoms with Crippen LogP contribution in [0.25, 0.3) is 0 Å². The Balaban J connectivity index is 2.26. The minimum absolute atomic E-state index is 0.0343. The van der Waals surface area contributed by atoms with Crippen LogP contribution in [-0.4, -0.2) is 24.2 Å². The van der Waals surface area contributed by atoms with Gasteiger partial charge in [-0.05, 0) is 17.7 Å². The molecule has 0 aliphatic heterocycles. The number of anilines is 1. The summed E-state index contributed by atoms with van der Waals surface area (Å²) in [6.45, 7) is -0.0343. The van der Waals surface area contributed by atoms with Gasteiger partial charge >= 0.3 is 0 Å². The van der Waals surface area contributed by atoms with E-state index in [1.807, 2.05) is 13.1 Å². The van der Waals surface area contributed by atoms with Crippen molar-refractivity contribution in [2.24, 2.45) is 0 Å². The largest absolute Gasteiger partial charge is 0.493 e. The van der Waals surface area contributed by atoms with Crippen molar-refractivity contribution >= 4 is 5.69 Å². The number of hydrogen-bond donors (Lipinski definition) is 2. The second-order valence-corrected chi connectivity index (χ2v) is 3.90. The van der Waals surface area contributed by atoms with Gasteiger partial charge in [0.2, 0.25) is 0 Å². The first-order valence-electron chi connectivity index (χ1n) is 5.85. The molecule has 0 radical (unpaired) electrons. The lowest BCUT2D eigenvalue weighted by molar-refractivity contribution is 0.280. The molecule has 0 aliphatic rings. The van der Waals surface area contributed by atoms with Gasteiger partial charge in [-0.1, -0.05) is 6.07 Å². The van der Waals surface area contributed by atoms with E-state index in [4.69, 9.17) is 14.6 Å². The fourth-order valence-electron chi connectivity index (χ4n) is 1.63. The predicted molar refractivity (Wildman–Crippen MR) is 72.8 cm³/mol. The zero-order chi connectivity index (χ0) is 13.7. The highest BCUT2D eigenvalue weighted by atomic mass is 16.5. The first-order chi connectivity index (χ1) is 9.26. The van der Waals surface area contributed by atoms with E-state index in [0.717, 1.165) is 11.3 Å². The van der Waals surface area contributed by atoms with E-state index in [2.05, 4.69) is 10.3 Å². The molecular formula is C14H16N2O3. The number of hydrogen-bond acceptors (Lipinski definition) is 5. The van der Waals surface area contributed by atoms with Crippen LogP contribution in [0.1, 0.15) is 5.56 Å². The van der Waals surface area contributed by atoms with E-state index in [1.54, 1.807) is 37.7 Å². The molecule has 1 aromatic heterocycles. The molecule has 2 N–H and O–H groups in total. The molecule has 0 spiro atoms. The number of pyridine rings is 1. The molecule has 1 heterocycles. The minimum atomic E-state index is -0.0343. The molecule has 0 saturated carbocycles. The Morgan fingerprint density at radius 3 is 2.74 bits per heavy atom. The van der Waals surface area contributed by atoms with Gasteiger partial charge in [0.05, 0.1) is 31.8 Å². The zero-order valence-corrected chi connectivity index (χ0v) is 10.9. The molecule has 2 aromatic rings. The lowest BCUT2D eigenvalue weighted by Gasteiger charge is -2.11. The van der Waals surface area contributed by atoms with E-state index < -0.39 is 0 Å². The zero-order valence-electron chi connectivity index (χ0n) is 10.9. The smallest absolute Gasteiger partial charge is 0.169 e. The molecule has 0 unspecified atom stereocenters. The van der Waals surface area contributed by atoms with Crippen LogP contribution in [-0.2, 0) is 6.61 Å². The van der Waals surface area contributed by atoms with Crippen LogP contribution in [0.3, 0.4) is 0 Å². The van der Waals surface area contributed by atoms with E-state index in [1.165, 1.54) is 0 Å². The Bertz CT molecular complexity index is 558. The summed E-state index contributed by atoms with van der Waals surface area (Å²) >= 11 is 0. The number of benzene rings is 1. The van der Waals surface area contributed by atoms with Crippen molar-refractivity contribution in [3.63, 3.8) is 0 Å².